The second kappa shape index (κ2) is 8.31. The molecule has 0 atom stereocenters. The van der Waals surface area contributed by atoms with Crippen LogP contribution in [0, 0.1) is 0 Å². The average Bonchev–Trinajstić information content (AvgIpc) is 3.29. The molecule has 0 aliphatic carbocycles. The summed E-state index contributed by atoms with van der Waals surface area (Å²) in [7, 11) is -0.128. The van der Waals surface area contributed by atoms with Crippen LogP contribution in [-0.2, 0) is 10.0 Å². The van der Waals surface area contributed by atoms with Gasteiger partial charge in [0.05, 0.1) is 16.8 Å². The van der Waals surface area contributed by atoms with Crippen molar-refractivity contribution in [3.8, 4) is 5.69 Å². The van der Waals surface area contributed by atoms with E-state index in [0.29, 0.717) is 17.5 Å². The van der Waals surface area contributed by atoms with Gasteiger partial charge < -0.3 is 9.80 Å². The topological polar surface area (TPSA) is 96.3 Å². The Bertz CT molecular complexity index is 1090. The highest BCUT2D eigenvalue weighted by atomic mass is 32.2. The molecule has 1 aromatic carbocycles. The van der Waals surface area contributed by atoms with E-state index < -0.39 is 10.0 Å². The predicted molar refractivity (Wildman–Crippen MR) is 117 cm³/mol. The molecule has 0 bridgehead atoms. The number of nitrogens with one attached hydrogen (secondary N) is 1. The number of sulfonamides is 1. The summed E-state index contributed by atoms with van der Waals surface area (Å²) in [5, 5.41) is 4.15. The van der Waals surface area contributed by atoms with Crippen LogP contribution in [0.2, 0.25) is 0 Å². The van der Waals surface area contributed by atoms with E-state index in [0.717, 1.165) is 31.6 Å². The number of anilines is 3. The molecule has 3 heterocycles. The van der Waals surface area contributed by atoms with Gasteiger partial charge in [0.15, 0.2) is 5.82 Å². The van der Waals surface area contributed by atoms with Crippen LogP contribution in [-0.4, -0.2) is 55.4 Å². The maximum Gasteiger partial charge on any atom is 0.262 e. The van der Waals surface area contributed by atoms with Gasteiger partial charge in [-0.25, -0.2) is 18.1 Å². The number of rotatable bonds is 6. The van der Waals surface area contributed by atoms with Crippen LogP contribution in [0.4, 0.5) is 17.5 Å². The quantitative estimate of drug-likeness (QED) is 0.646. The minimum atomic E-state index is -3.79. The van der Waals surface area contributed by atoms with Crippen molar-refractivity contribution in [2.24, 2.45) is 0 Å². The molecular formula is C20H25N7O2S. The second-order valence-electron chi connectivity index (χ2n) is 7.40. The number of hydrogen-bond donors (Lipinski definition) is 1. The fraction of sp³-hybridized carbons (Fsp3) is 0.350. The lowest BCUT2D eigenvalue weighted by Crippen LogP contribution is -2.31. The second-order valence-corrected chi connectivity index (χ2v) is 9.08. The molecule has 1 fully saturated rings. The van der Waals surface area contributed by atoms with E-state index >= 15 is 0 Å². The Morgan fingerprint density at radius 1 is 1.07 bits per heavy atom. The molecular weight excluding hydrogens is 402 g/mol. The summed E-state index contributed by atoms with van der Waals surface area (Å²) in [4.78, 5) is 13.1. The number of nitrogens with zero attached hydrogens (tertiary/aromatic N) is 6. The number of piperidine rings is 1. The minimum Gasteiger partial charge on any atom is -0.361 e. The first-order chi connectivity index (χ1) is 14.4. The Kier molecular flexibility index (Phi) is 5.58. The van der Waals surface area contributed by atoms with E-state index in [1.54, 1.807) is 52.4 Å². The summed E-state index contributed by atoms with van der Waals surface area (Å²) < 4.78 is 30.2. The third-order valence-electron chi connectivity index (χ3n) is 4.98. The van der Waals surface area contributed by atoms with Crippen LogP contribution in [0.5, 0.6) is 0 Å². The normalized spacial score (nSPS) is 14.5. The minimum absolute atomic E-state index is 0.156. The van der Waals surface area contributed by atoms with Gasteiger partial charge in [-0.3, -0.25) is 4.72 Å². The Hall–Kier alpha value is -3.14. The molecule has 9 nitrogen and oxygen atoms in total. The number of hydrogen-bond acceptors (Lipinski definition) is 7. The average molecular weight is 428 g/mol. The maximum atomic E-state index is 12.9. The highest BCUT2D eigenvalue weighted by molar-refractivity contribution is 7.92. The smallest absolute Gasteiger partial charge is 0.262 e. The molecule has 1 saturated heterocycles. The first kappa shape index (κ1) is 20.1. The van der Waals surface area contributed by atoms with Gasteiger partial charge in [-0.2, -0.15) is 10.1 Å². The van der Waals surface area contributed by atoms with Crippen LogP contribution in [0.15, 0.2) is 53.8 Å². The lowest BCUT2D eigenvalue weighted by atomic mass is 10.1. The lowest BCUT2D eigenvalue weighted by Gasteiger charge is -2.28. The molecule has 10 heteroatoms. The fourth-order valence-corrected chi connectivity index (χ4v) is 4.47. The molecule has 3 aromatic rings. The highest BCUT2D eigenvalue weighted by Gasteiger charge is 2.21. The van der Waals surface area contributed by atoms with Crippen molar-refractivity contribution >= 4 is 27.5 Å². The molecule has 1 N–H and O–H groups in total. The molecule has 2 aromatic heterocycles. The SMILES string of the molecule is CN(C)c1nc(N2CCCCC2)ncc1NS(=O)(=O)c1ccc(-n2cccn2)cc1. The van der Waals surface area contributed by atoms with Crippen molar-refractivity contribution < 1.29 is 8.42 Å². The van der Waals surface area contributed by atoms with Gasteiger partial charge in [-0.15, -0.1) is 0 Å². The number of benzene rings is 1. The van der Waals surface area contributed by atoms with E-state index in [1.807, 2.05) is 20.2 Å². The van der Waals surface area contributed by atoms with Crippen LogP contribution in [0.1, 0.15) is 19.3 Å². The third-order valence-corrected chi connectivity index (χ3v) is 6.36. The molecule has 30 heavy (non-hydrogen) atoms. The Morgan fingerprint density at radius 3 is 2.43 bits per heavy atom. The molecule has 0 saturated carbocycles. The first-order valence-electron chi connectivity index (χ1n) is 9.86. The molecule has 0 spiro atoms. The molecule has 0 unspecified atom stereocenters. The molecule has 1 aliphatic heterocycles. The van der Waals surface area contributed by atoms with Gasteiger partial charge in [0.25, 0.3) is 10.0 Å². The van der Waals surface area contributed by atoms with Crippen molar-refractivity contribution in [1.29, 1.82) is 0 Å². The van der Waals surface area contributed by atoms with E-state index in [4.69, 9.17) is 0 Å². The van der Waals surface area contributed by atoms with Gasteiger partial charge in [0, 0.05) is 39.6 Å². The monoisotopic (exact) mass is 427 g/mol. The summed E-state index contributed by atoms with van der Waals surface area (Å²) >= 11 is 0. The molecule has 0 amide bonds. The van der Waals surface area contributed by atoms with E-state index in [2.05, 4.69) is 24.7 Å². The third kappa shape index (κ3) is 4.23. The zero-order valence-electron chi connectivity index (χ0n) is 17.1. The molecule has 1 aliphatic rings. The van der Waals surface area contributed by atoms with Crippen molar-refractivity contribution in [3.05, 3.63) is 48.9 Å². The van der Waals surface area contributed by atoms with Crippen LogP contribution in [0.3, 0.4) is 0 Å². The first-order valence-corrected chi connectivity index (χ1v) is 11.3. The summed E-state index contributed by atoms with van der Waals surface area (Å²) in [6, 6.07) is 8.34. The Balaban J connectivity index is 1.59. The summed E-state index contributed by atoms with van der Waals surface area (Å²) in [5.41, 5.74) is 1.12. The van der Waals surface area contributed by atoms with Crippen molar-refractivity contribution in [1.82, 2.24) is 19.7 Å². The van der Waals surface area contributed by atoms with Crippen molar-refractivity contribution in [3.63, 3.8) is 0 Å². The van der Waals surface area contributed by atoms with Crippen molar-refractivity contribution in [2.75, 3.05) is 41.7 Å². The van der Waals surface area contributed by atoms with Gasteiger partial charge in [0.2, 0.25) is 5.95 Å². The van der Waals surface area contributed by atoms with Crippen molar-refractivity contribution in [2.45, 2.75) is 24.2 Å². The zero-order valence-corrected chi connectivity index (χ0v) is 17.9. The highest BCUT2D eigenvalue weighted by Crippen LogP contribution is 2.27. The number of aromatic nitrogens is 4. The molecule has 158 valence electrons. The maximum absolute atomic E-state index is 12.9. The summed E-state index contributed by atoms with van der Waals surface area (Å²) in [6.07, 6.45) is 8.46. The fourth-order valence-electron chi connectivity index (χ4n) is 3.43. The van der Waals surface area contributed by atoms with Crippen LogP contribution < -0.4 is 14.5 Å². The van der Waals surface area contributed by atoms with E-state index in [9.17, 15) is 8.42 Å². The van der Waals surface area contributed by atoms with Gasteiger partial charge in [-0.1, -0.05) is 0 Å². The molecule has 4 rings (SSSR count). The predicted octanol–water partition coefficient (Wildman–Crippen LogP) is 2.52. The Morgan fingerprint density at radius 2 is 1.80 bits per heavy atom. The molecule has 0 radical (unpaired) electrons. The summed E-state index contributed by atoms with van der Waals surface area (Å²) in [6.45, 7) is 1.83. The van der Waals surface area contributed by atoms with Crippen LogP contribution >= 0.6 is 0 Å². The van der Waals surface area contributed by atoms with E-state index in [1.165, 1.54) is 6.42 Å². The van der Waals surface area contributed by atoms with Crippen LogP contribution in [0.25, 0.3) is 5.69 Å². The largest absolute Gasteiger partial charge is 0.361 e. The summed E-state index contributed by atoms with van der Waals surface area (Å²) in [5.74, 6) is 1.16. The Labute approximate surface area is 176 Å². The van der Waals surface area contributed by atoms with Gasteiger partial charge in [-0.05, 0) is 49.6 Å². The van der Waals surface area contributed by atoms with Gasteiger partial charge in [0.1, 0.15) is 5.69 Å². The van der Waals surface area contributed by atoms with E-state index in [-0.39, 0.29) is 4.90 Å². The lowest BCUT2D eigenvalue weighted by molar-refractivity contribution is 0.568. The van der Waals surface area contributed by atoms with Gasteiger partial charge >= 0.3 is 0 Å². The standard InChI is InChI=1S/C20H25N7O2S/c1-25(2)19-18(15-21-20(23-19)26-12-4-3-5-13-26)24-30(28,29)17-9-7-16(8-10-17)27-14-6-11-22-27/h6-11,14-15,24H,3-5,12-13H2,1-2H3. The zero-order chi connectivity index (χ0) is 21.1.